The first-order valence-corrected chi connectivity index (χ1v) is 8.77. The van der Waals surface area contributed by atoms with Gasteiger partial charge in [-0.2, -0.15) is 0 Å². The van der Waals surface area contributed by atoms with Crippen molar-refractivity contribution >= 4 is 11.8 Å². The molecule has 1 aromatic carbocycles. The maximum absolute atomic E-state index is 12.9. The van der Waals surface area contributed by atoms with Gasteiger partial charge >= 0.3 is 0 Å². The fourth-order valence-corrected chi connectivity index (χ4v) is 3.87. The number of benzene rings is 1. The molecule has 24 heavy (non-hydrogen) atoms. The smallest absolute Gasteiger partial charge is 0.238 e. The van der Waals surface area contributed by atoms with E-state index >= 15 is 0 Å². The molecule has 0 aliphatic carbocycles. The molecule has 1 fully saturated rings. The lowest BCUT2D eigenvalue weighted by molar-refractivity contribution is -0.171. The normalized spacial score (nSPS) is 28.4. The summed E-state index contributed by atoms with van der Waals surface area (Å²) in [5.41, 5.74) is 0.267. The summed E-state index contributed by atoms with van der Waals surface area (Å²) in [4.78, 5) is 27.4. The predicted molar refractivity (Wildman–Crippen MR) is 91.6 cm³/mol. The van der Waals surface area contributed by atoms with E-state index in [2.05, 4.69) is 5.32 Å². The Labute approximate surface area is 143 Å². The number of ether oxygens (including phenoxy) is 1. The van der Waals surface area contributed by atoms with Crippen LogP contribution in [0.15, 0.2) is 24.3 Å². The highest BCUT2D eigenvalue weighted by Gasteiger charge is 2.54. The van der Waals surface area contributed by atoms with Crippen LogP contribution in [-0.2, 0) is 9.59 Å². The molecule has 0 spiro atoms. The molecule has 1 saturated heterocycles. The number of hydrogen-bond acceptors (Lipinski definition) is 3. The van der Waals surface area contributed by atoms with Gasteiger partial charge in [0, 0.05) is 25.4 Å². The third-order valence-corrected chi connectivity index (χ3v) is 5.57. The predicted octanol–water partition coefficient (Wildman–Crippen LogP) is 2.66. The topological polar surface area (TPSA) is 58.6 Å². The Morgan fingerprint density at radius 2 is 2.04 bits per heavy atom. The van der Waals surface area contributed by atoms with E-state index in [9.17, 15) is 9.59 Å². The minimum absolute atomic E-state index is 0.110. The highest BCUT2D eigenvalue weighted by molar-refractivity contribution is 6.02. The number of piperidine rings is 1. The number of fused-ring (bicyclic) bond motifs is 4. The van der Waals surface area contributed by atoms with Crippen LogP contribution in [0.2, 0.25) is 0 Å². The lowest BCUT2D eigenvalue weighted by Crippen LogP contribution is -2.63. The summed E-state index contributed by atoms with van der Waals surface area (Å²) in [7, 11) is 1.73. The van der Waals surface area contributed by atoms with Crippen molar-refractivity contribution in [2.45, 2.75) is 57.7 Å². The van der Waals surface area contributed by atoms with E-state index in [-0.39, 0.29) is 23.8 Å². The van der Waals surface area contributed by atoms with Gasteiger partial charge in [-0.15, -0.1) is 0 Å². The van der Waals surface area contributed by atoms with E-state index in [1.807, 2.05) is 45.0 Å². The minimum atomic E-state index is -0.693. The van der Waals surface area contributed by atoms with Gasteiger partial charge in [0.2, 0.25) is 11.8 Å². The van der Waals surface area contributed by atoms with Crippen molar-refractivity contribution in [2.75, 3.05) is 7.05 Å². The van der Waals surface area contributed by atoms with Crippen LogP contribution in [0.3, 0.4) is 0 Å². The molecule has 2 aliphatic rings. The largest absolute Gasteiger partial charge is 0.468 e. The highest BCUT2D eigenvalue weighted by Crippen LogP contribution is 2.49. The van der Waals surface area contributed by atoms with Gasteiger partial charge in [0.25, 0.3) is 0 Å². The molecule has 0 saturated carbocycles. The van der Waals surface area contributed by atoms with E-state index in [4.69, 9.17) is 4.74 Å². The monoisotopic (exact) mass is 330 g/mol. The molecule has 0 aromatic heterocycles. The maximum Gasteiger partial charge on any atom is 0.238 e. The van der Waals surface area contributed by atoms with Crippen molar-refractivity contribution in [3.8, 4) is 5.75 Å². The van der Waals surface area contributed by atoms with Gasteiger partial charge in [-0.1, -0.05) is 32.0 Å². The summed E-state index contributed by atoms with van der Waals surface area (Å²) in [6, 6.07) is 7.85. The number of amides is 2. The summed E-state index contributed by atoms with van der Waals surface area (Å²) in [6.07, 6.45) is 2.36. The molecule has 2 amide bonds. The van der Waals surface area contributed by atoms with Crippen LogP contribution < -0.4 is 10.1 Å². The average Bonchev–Trinajstić information content (AvgIpc) is 2.57. The Morgan fingerprint density at radius 3 is 2.71 bits per heavy atom. The van der Waals surface area contributed by atoms with Crippen molar-refractivity contribution in [1.29, 1.82) is 0 Å². The molecule has 5 nitrogen and oxygen atoms in total. The maximum atomic E-state index is 12.9. The van der Waals surface area contributed by atoms with Crippen LogP contribution >= 0.6 is 0 Å². The summed E-state index contributed by atoms with van der Waals surface area (Å²) in [5.74, 6) is -0.376. The Balaban J connectivity index is 1.98. The Bertz CT molecular complexity index is 656. The fourth-order valence-electron chi connectivity index (χ4n) is 3.87. The third-order valence-electron chi connectivity index (χ3n) is 5.57. The zero-order chi connectivity index (χ0) is 17.5. The molecule has 2 heterocycles. The zero-order valence-electron chi connectivity index (χ0n) is 14.8. The fraction of sp³-hybridized carbons (Fsp3) is 0.579. The first-order chi connectivity index (χ1) is 11.4. The van der Waals surface area contributed by atoms with Gasteiger partial charge in [-0.3, -0.25) is 9.59 Å². The number of nitrogens with zero attached hydrogens (tertiary/aromatic N) is 1. The van der Waals surface area contributed by atoms with E-state index in [0.29, 0.717) is 6.42 Å². The first kappa shape index (κ1) is 16.8. The van der Waals surface area contributed by atoms with Crippen molar-refractivity contribution < 1.29 is 14.3 Å². The molecule has 0 radical (unpaired) electrons. The average molecular weight is 330 g/mol. The van der Waals surface area contributed by atoms with Gasteiger partial charge < -0.3 is 15.0 Å². The Hall–Kier alpha value is -2.04. The number of carbonyl (C=O) groups is 2. The Morgan fingerprint density at radius 1 is 1.38 bits per heavy atom. The lowest BCUT2D eigenvalue weighted by Gasteiger charge is -2.51. The molecule has 2 aliphatic heterocycles. The Kier molecular flexibility index (Phi) is 4.28. The zero-order valence-corrected chi connectivity index (χ0v) is 14.8. The SMILES string of the molecule is CCC(CC)NC(=O)[C@@H]1C(=O)N(C)[C@@]2(C)C[C@H]1c1ccccc1O2. The molecule has 5 heteroatoms. The summed E-state index contributed by atoms with van der Waals surface area (Å²) >= 11 is 0. The number of hydrogen-bond donors (Lipinski definition) is 1. The lowest BCUT2D eigenvalue weighted by atomic mass is 9.73. The number of carbonyl (C=O) groups excluding carboxylic acids is 2. The second-order valence-electron chi connectivity index (χ2n) is 7.02. The van der Waals surface area contributed by atoms with E-state index in [1.165, 1.54) is 0 Å². The van der Waals surface area contributed by atoms with E-state index in [1.54, 1.807) is 11.9 Å². The molecule has 0 unspecified atom stereocenters. The van der Waals surface area contributed by atoms with Crippen molar-refractivity contribution in [3.63, 3.8) is 0 Å². The van der Waals surface area contributed by atoms with E-state index < -0.39 is 11.6 Å². The molecule has 3 atom stereocenters. The van der Waals surface area contributed by atoms with Gasteiger partial charge in [0.1, 0.15) is 11.7 Å². The summed E-state index contributed by atoms with van der Waals surface area (Å²) in [5, 5.41) is 3.06. The molecular formula is C19H26N2O3. The van der Waals surface area contributed by atoms with Crippen LogP contribution in [0.25, 0.3) is 0 Å². The second kappa shape index (κ2) is 6.11. The van der Waals surface area contributed by atoms with Crippen molar-refractivity contribution in [3.05, 3.63) is 29.8 Å². The van der Waals surface area contributed by atoms with Crippen LogP contribution in [0.4, 0.5) is 0 Å². The van der Waals surface area contributed by atoms with Gasteiger partial charge in [-0.05, 0) is 31.4 Å². The summed E-state index contributed by atoms with van der Waals surface area (Å²) < 4.78 is 6.10. The molecule has 3 rings (SSSR count). The molecular weight excluding hydrogens is 304 g/mol. The quantitative estimate of drug-likeness (QED) is 0.864. The van der Waals surface area contributed by atoms with Crippen LogP contribution in [-0.4, -0.2) is 35.5 Å². The standard InChI is InChI=1S/C19H26N2O3/c1-5-12(6-2)20-17(22)16-14-11-19(3,21(4)18(16)23)24-15-10-8-7-9-13(14)15/h7-10,12,14,16H,5-6,11H2,1-4H3,(H,20,22)/t14-,16+,19+/m0/s1. The van der Waals surface area contributed by atoms with Gasteiger partial charge in [0.05, 0.1) is 0 Å². The van der Waals surface area contributed by atoms with Crippen LogP contribution in [0.5, 0.6) is 5.75 Å². The van der Waals surface area contributed by atoms with Crippen molar-refractivity contribution in [1.82, 2.24) is 10.2 Å². The number of likely N-dealkylation sites (tertiary alicyclic amines) is 1. The van der Waals surface area contributed by atoms with Gasteiger partial charge in [0.15, 0.2) is 5.72 Å². The van der Waals surface area contributed by atoms with Crippen LogP contribution in [0, 0.1) is 5.92 Å². The number of nitrogens with one attached hydrogen (secondary N) is 1. The van der Waals surface area contributed by atoms with E-state index in [0.717, 1.165) is 24.2 Å². The van der Waals surface area contributed by atoms with Crippen LogP contribution in [0.1, 0.15) is 51.5 Å². The number of para-hydroxylation sites is 1. The second-order valence-corrected chi connectivity index (χ2v) is 7.02. The first-order valence-electron chi connectivity index (χ1n) is 8.77. The third kappa shape index (κ3) is 2.56. The van der Waals surface area contributed by atoms with Crippen molar-refractivity contribution in [2.24, 2.45) is 5.92 Å². The molecule has 2 bridgehead atoms. The summed E-state index contributed by atoms with van der Waals surface area (Å²) in [6.45, 7) is 6.01. The molecule has 1 N–H and O–H groups in total. The minimum Gasteiger partial charge on any atom is -0.468 e. The number of rotatable bonds is 4. The molecule has 1 aromatic rings. The molecule has 130 valence electrons. The highest BCUT2D eigenvalue weighted by atomic mass is 16.5. The van der Waals surface area contributed by atoms with Gasteiger partial charge in [-0.25, -0.2) is 0 Å².